The summed E-state index contributed by atoms with van der Waals surface area (Å²) < 4.78 is 0. The fraction of sp³-hybridized carbons (Fsp3) is 0.900. The quantitative estimate of drug-likeness (QED) is 0.832. The van der Waals surface area contributed by atoms with Crippen molar-refractivity contribution >= 4 is 11.9 Å². The summed E-state index contributed by atoms with van der Waals surface area (Å²) in [5.74, 6) is 1.73. The van der Waals surface area contributed by atoms with Crippen molar-refractivity contribution in [3.05, 3.63) is 0 Å². The molecule has 0 aromatic heterocycles. The van der Waals surface area contributed by atoms with E-state index in [4.69, 9.17) is 0 Å². The van der Waals surface area contributed by atoms with Gasteiger partial charge in [-0.05, 0) is 57.8 Å². The van der Waals surface area contributed by atoms with Gasteiger partial charge in [0, 0.05) is 31.7 Å². The zero-order chi connectivity index (χ0) is 18.0. The monoisotopic (exact) mass is 349 g/mol. The van der Waals surface area contributed by atoms with Gasteiger partial charge in [0.25, 0.3) is 0 Å². The fourth-order valence-electron chi connectivity index (χ4n) is 5.12. The summed E-state index contributed by atoms with van der Waals surface area (Å²) in [4.78, 5) is 29.6. The Morgan fingerprint density at radius 2 is 1.76 bits per heavy atom. The second-order valence-electron chi connectivity index (χ2n) is 8.70. The molecule has 2 aliphatic heterocycles. The first-order valence-electron chi connectivity index (χ1n) is 10.3. The van der Waals surface area contributed by atoms with Gasteiger partial charge in [0.2, 0.25) is 5.91 Å². The molecule has 0 aromatic rings. The van der Waals surface area contributed by atoms with Crippen LogP contribution in [0.2, 0.25) is 0 Å². The Hall–Kier alpha value is -1.26. The zero-order valence-electron chi connectivity index (χ0n) is 16.2. The van der Waals surface area contributed by atoms with E-state index >= 15 is 0 Å². The SMILES string of the molecule is CC(C)NC(=O)N1CCC[C@H](C(=O)N2CC[C@H](C)[C@@H]3CCCC[C@H]32)C1. The number of likely N-dealkylation sites (tertiary alicyclic amines) is 2. The third-order valence-corrected chi connectivity index (χ3v) is 6.49. The highest BCUT2D eigenvalue weighted by Gasteiger charge is 2.42. The topological polar surface area (TPSA) is 52.7 Å². The summed E-state index contributed by atoms with van der Waals surface area (Å²) in [7, 11) is 0. The Labute approximate surface area is 152 Å². The van der Waals surface area contributed by atoms with E-state index in [0.29, 0.717) is 24.4 Å². The molecule has 3 fully saturated rings. The van der Waals surface area contributed by atoms with Gasteiger partial charge in [0.15, 0.2) is 0 Å². The van der Waals surface area contributed by atoms with Gasteiger partial charge in [0.1, 0.15) is 0 Å². The van der Waals surface area contributed by atoms with Crippen molar-refractivity contribution in [2.75, 3.05) is 19.6 Å². The van der Waals surface area contributed by atoms with Gasteiger partial charge in [-0.15, -0.1) is 0 Å². The standard InChI is InChI=1S/C20H35N3O2/c1-14(2)21-20(25)22-11-6-7-16(13-22)19(24)23-12-10-15(3)17-8-4-5-9-18(17)23/h14-18H,4-13H2,1-3H3,(H,21,25)/t15-,16-,17-,18+/m0/s1. The van der Waals surface area contributed by atoms with E-state index in [0.717, 1.165) is 38.3 Å². The van der Waals surface area contributed by atoms with Crippen molar-refractivity contribution < 1.29 is 9.59 Å². The Bertz CT molecular complexity index is 493. The van der Waals surface area contributed by atoms with E-state index < -0.39 is 0 Å². The normalized spacial score (nSPS) is 33.1. The van der Waals surface area contributed by atoms with Gasteiger partial charge in [-0.2, -0.15) is 0 Å². The number of piperidine rings is 2. The summed E-state index contributed by atoms with van der Waals surface area (Å²) in [5, 5.41) is 2.96. The van der Waals surface area contributed by atoms with Gasteiger partial charge in [-0.3, -0.25) is 4.79 Å². The Morgan fingerprint density at radius 3 is 2.52 bits per heavy atom. The van der Waals surface area contributed by atoms with E-state index in [1.807, 2.05) is 18.7 Å². The Morgan fingerprint density at radius 1 is 1.00 bits per heavy atom. The minimum atomic E-state index is -0.0182. The number of hydrogen-bond donors (Lipinski definition) is 1. The molecule has 5 nitrogen and oxygen atoms in total. The molecule has 25 heavy (non-hydrogen) atoms. The maximum absolute atomic E-state index is 13.3. The van der Waals surface area contributed by atoms with E-state index in [2.05, 4.69) is 17.1 Å². The van der Waals surface area contributed by atoms with E-state index in [1.165, 1.54) is 25.7 Å². The number of nitrogens with zero attached hydrogens (tertiary/aromatic N) is 2. The number of rotatable bonds is 2. The molecule has 2 saturated heterocycles. The lowest BCUT2D eigenvalue weighted by atomic mass is 9.72. The lowest BCUT2D eigenvalue weighted by Crippen LogP contribution is -2.56. The van der Waals surface area contributed by atoms with Crippen molar-refractivity contribution in [3.8, 4) is 0 Å². The first kappa shape index (κ1) is 18.5. The molecule has 0 unspecified atom stereocenters. The first-order valence-corrected chi connectivity index (χ1v) is 10.3. The third-order valence-electron chi connectivity index (χ3n) is 6.49. The van der Waals surface area contributed by atoms with Gasteiger partial charge >= 0.3 is 6.03 Å². The van der Waals surface area contributed by atoms with Gasteiger partial charge < -0.3 is 15.1 Å². The molecule has 3 rings (SSSR count). The molecule has 0 radical (unpaired) electrons. The maximum atomic E-state index is 13.3. The molecule has 3 amide bonds. The zero-order valence-corrected chi connectivity index (χ0v) is 16.2. The number of carbonyl (C=O) groups excluding carboxylic acids is 2. The highest BCUT2D eigenvalue weighted by molar-refractivity contribution is 5.81. The number of carbonyl (C=O) groups is 2. The molecule has 142 valence electrons. The lowest BCUT2D eigenvalue weighted by Gasteiger charge is -2.48. The number of amides is 3. The lowest BCUT2D eigenvalue weighted by molar-refractivity contribution is -0.144. The summed E-state index contributed by atoms with van der Waals surface area (Å²) in [6, 6.07) is 0.565. The Kier molecular flexibility index (Phi) is 5.90. The molecule has 2 heterocycles. The number of nitrogens with one attached hydrogen (secondary N) is 1. The number of urea groups is 1. The molecule has 1 saturated carbocycles. The van der Waals surface area contributed by atoms with Gasteiger partial charge in [0.05, 0.1) is 5.92 Å². The second kappa shape index (κ2) is 7.96. The van der Waals surface area contributed by atoms with Crippen LogP contribution in [0.3, 0.4) is 0 Å². The predicted molar refractivity (Wildman–Crippen MR) is 99.2 cm³/mol. The largest absolute Gasteiger partial charge is 0.339 e. The predicted octanol–water partition coefficient (Wildman–Crippen LogP) is 3.24. The van der Waals surface area contributed by atoms with Crippen molar-refractivity contribution in [3.63, 3.8) is 0 Å². The summed E-state index contributed by atoms with van der Waals surface area (Å²) in [5.41, 5.74) is 0. The van der Waals surface area contributed by atoms with Crippen LogP contribution in [0, 0.1) is 17.8 Å². The van der Waals surface area contributed by atoms with Crippen LogP contribution >= 0.6 is 0 Å². The van der Waals surface area contributed by atoms with Crippen LogP contribution in [0.25, 0.3) is 0 Å². The van der Waals surface area contributed by atoms with Gasteiger partial charge in [-0.25, -0.2) is 4.79 Å². The Balaban J connectivity index is 1.64. The summed E-state index contributed by atoms with van der Waals surface area (Å²) in [6.07, 6.45) is 8.02. The average molecular weight is 350 g/mol. The van der Waals surface area contributed by atoms with Crippen molar-refractivity contribution in [2.24, 2.45) is 17.8 Å². The molecule has 0 spiro atoms. The molecule has 5 heteroatoms. The van der Waals surface area contributed by atoms with Crippen LogP contribution in [0.5, 0.6) is 0 Å². The smallest absolute Gasteiger partial charge is 0.317 e. The van der Waals surface area contributed by atoms with E-state index in [9.17, 15) is 9.59 Å². The van der Waals surface area contributed by atoms with Crippen LogP contribution in [-0.2, 0) is 4.79 Å². The van der Waals surface area contributed by atoms with Crippen LogP contribution in [0.4, 0.5) is 4.79 Å². The molecule has 1 N–H and O–H groups in total. The number of fused-ring (bicyclic) bond motifs is 1. The van der Waals surface area contributed by atoms with Crippen molar-refractivity contribution in [1.82, 2.24) is 15.1 Å². The maximum Gasteiger partial charge on any atom is 0.317 e. The molecular formula is C20H35N3O2. The fourth-order valence-corrected chi connectivity index (χ4v) is 5.12. The van der Waals surface area contributed by atoms with Crippen LogP contribution < -0.4 is 5.32 Å². The average Bonchev–Trinajstić information content (AvgIpc) is 2.61. The first-order chi connectivity index (χ1) is 12.0. The molecular weight excluding hydrogens is 314 g/mol. The molecule has 0 bridgehead atoms. The van der Waals surface area contributed by atoms with Crippen LogP contribution in [0.15, 0.2) is 0 Å². The van der Waals surface area contributed by atoms with Gasteiger partial charge in [-0.1, -0.05) is 19.8 Å². The third kappa shape index (κ3) is 4.12. The molecule has 3 aliphatic rings. The molecule has 1 aliphatic carbocycles. The van der Waals surface area contributed by atoms with Crippen molar-refractivity contribution in [1.29, 1.82) is 0 Å². The minimum absolute atomic E-state index is 0.0114. The highest BCUT2D eigenvalue weighted by atomic mass is 16.2. The molecule has 4 atom stereocenters. The molecule has 0 aromatic carbocycles. The van der Waals surface area contributed by atoms with E-state index in [-0.39, 0.29) is 18.0 Å². The highest BCUT2D eigenvalue weighted by Crippen LogP contribution is 2.39. The summed E-state index contributed by atoms with van der Waals surface area (Å²) >= 11 is 0. The number of hydrogen-bond acceptors (Lipinski definition) is 2. The van der Waals surface area contributed by atoms with Crippen LogP contribution in [0.1, 0.15) is 65.7 Å². The van der Waals surface area contributed by atoms with Crippen molar-refractivity contribution in [2.45, 2.75) is 77.8 Å². The van der Waals surface area contributed by atoms with E-state index in [1.54, 1.807) is 0 Å². The second-order valence-corrected chi connectivity index (χ2v) is 8.70. The minimum Gasteiger partial charge on any atom is -0.339 e. The summed E-state index contributed by atoms with van der Waals surface area (Å²) in [6.45, 7) is 8.58. The van der Waals surface area contributed by atoms with Crippen LogP contribution in [-0.4, -0.2) is 53.5 Å².